The molecule has 0 bridgehead atoms. The van der Waals surface area contributed by atoms with Gasteiger partial charge in [0.05, 0.1) is 8.07 Å². The summed E-state index contributed by atoms with van der Waals surface area (Å²) in [7, 11) is -4.07. The predicted octanol–water partition coefficient (Wildman–Crippen LogP) is 3.02. The van der Waals surface area contributed by atoms with Crippen LogP contribution < -0.4 is 5.73 Å². The van der Waals surface area contributed by atoms with Crippen molar-refractivity contribution in [3.8, 4) is 0 Å². The standard InChI is InChI=1S/C13H33NO3Si2/c1-8-15-19(7,16-9-2)17-13(3,11-10-12-14)18(4,5)6/h8-12,14H2,1-7H3. The normalized spacial score (nSPS) is 16.4. The van der Waals surface area contributed by atoms with Crippen LogP contribution >= 0.6 is 0 Å². The first-order valence-corrected chi connectivity index (χ1v) is 13.0. The molecule has 0 aromatic heterocycles. The molecular formula is C13H33NO3Si2. The average Bonchev–Trinajstić information content (AvgIpc) is 2.25. The summed E-state index contributed by atoms with van der Waals surface area (Å²) >= 11 is 0. The second kappa shape index (κ2) is 7.90. The smallest absolute Gasteiger partial charge is 0.374 e. The molecule has 19 heavy (non-hydrogen) atoms. The maximum atomic E-state index is 6.47. The highest BCUT2D eigenvalue weighted by molar-refractivity contribution is 6.79. The molecule has 2 N–H and O–H groups in total. The molecule has 6 heteroatoms. The minimum atomic E-state index is -2.55. The van der Waals surface area contributed by atoms with Gasteiger partial charge >= 0.3 is 8.80 Å². The van der Waals surface area contributed by atoms with Crippen LogP contribution in [0.25, 0.3) is 0 Å². The molecule has 0 aromatic carbocycles. The van der Waals surface area contributed by atoms with Crippen LogP contribution in [-0.2, 0) is 13.3 Å². The Morgan fingerprint density at radius 1 is 1.00 bits per heavy atom. The second-order valence-corrected chi connectivity index (χ2v) is 14.3. The van der Waals surface area contributed by atoms with Crippen molar-refractivity contribution in [3.05, 3.63) is 0 Å². The zero-order valence-electron chi connectivity index (χ0n) is 13.8. The monoisotopic (exact) mass is 307 g/mol. The molecule has 0 heterocycles. The van der Waals surface area contributed by atoms with E-state index in [1.54, 1.807) is 0 Å². The molecule has 0 saturated heterocycles. The summed E-state index contributed by atoms with van der Waals surface area (Å²) < 4.78 is 18.1. The second-order valence-electron chi connectivity index (χ2n) is 6.20. The summed E-state index contributed by atoms with van der Waals surface area (Å²) in [4.78, 5) is 0. The summed E-state index contributed by atoms with van der Waals surface area (Å²) in [5.41, 5.74) is 5.67. The Morgan fingerprint density at radius 2 is 1.47 bits per heavy atom. The summed E-state index contributed by atoms with van der Waals surface area (Å²) in [6, 6.07) is 0. The largest absolute Gasteiger partial charge is 0.497 e. The van der Waals surface area contributed by atoms with Crippen LogP contribution in [0.1, 0.15) is 33.6 Å². The number of nitrogens with two attached hydrogens (primary N) is 1. The highest BCUT2D eigenvalue weighted by Crippen LogP contribution is 2.33. The highest BCUT2D eigenvalue weighted by Gasteiger charge is 2.48. The number of hydrogen-bond donors (Lipinski definition) is 1. The molecule has 0 aliphatic carbocycles. The van der Waals surface area contributed by atoms with E-state index in [1.807, 2.05) is 20.4 Å². The van der Waals surface area contributed by atoms with Crippen molar-refractivity contribution in [2.75, 3.05) is 19.8 Å². The summed E-state index contributed by atoms with van der Waals surface area (Å²) in [5.74, 6) is 0. The molecular weight excluding hydrogens is 274 g/mol. The van der Waals surface area contributed by atoms with Crippen molar-refractivity contribution in [1.82, 2.24) is 0 Å². The molecule has 0 spiro atoms. The summed E-state index contributed by atoms with van der Waals surface area (Å²) in [6.07, 6.45) is 1.95. The maximum Gasteiger partial charge on any atom is 0.497 e. The lowest BCUT2D eigenvalue weighted by molar-refractivity contribution is 0.0165. The van der Waals surface area contributed by atoms with E-state index in [1.165, 1.54) is 0 Å². The molecule has 0 fully saturated rings. The van der Waals surface area contributed by atoms with Crippen molar-refractivity contribution in [2.45, 2.75) is 65.0 Å². The van der Waals surface area contributed by atoms with Gasteiger partial charge in [0, 0.05) is 25.0 Å². The molecule has 4 nitrogen and oxygen atoms in total. The van der Waals surface area contributed by atoms with Gasteiger partial charge in [-0.05, 0) is 40.2 Å². The summed E-state index contributed by atoms with van der Waals surface area (Å²) in [5, 5.41) is -0.155. The van der Waals surface area contributed by atoms with Crippen LogP contribution in [0.3, 0.4) is 0 Å². The first kappa shape index (κ1) is 19.3. The van der Waals surface area contributed by atoms with Crippen LogP contribution in [-0.4, -0.2) is 41.9 Å². The van der Waals surface area contributed by atoms with Crippen LogP contribution in [0.2, 0.25) is 26.2 Å². The zero-order valence-corrected chi connectivity index (χ0v) is 15.8. The topological polar surface area (TPSA) is 53.7 Å². The third-order valence-corrected chi connectivity index (χ3v) is 9.84. The van der Waals surface area contributed by atoms with Crippen LogP contribution in [0.5, 0.6) is 0 Å². The number of hydrogen-bond acceptors (Lipinski definition) is 4. The first-order chi connectivity index (χ1) is 8.64. The lowest BCUT2D eigenvalue weighted by atomic mass is 10.2. The fourth-order valence-corrected chi connectivity index (χ4v) is 6.93. The van der Waals surface area contributed by atoms with E-state index >= 15 is 0 Å². The molecule has 1 unspecified atom stereocenters. The molecule has 0 saturated carbocycles. The molecule has 0 rings (SSSR count). The van der Waals surface area contributed by atoms with E-state index < -0.39 is 16.9 Å². The quantitative estimate of drug-likeness (QED) is 0.630. The van der Waals surface area contributed by atoms with E-state index in [0.717, 1.165) is 12.8 Å². The first-order valence-electron chi connectivity index (χ1n) is 7.32. The fourth-order valence-electron chi connectivity index (χ4n) is 2.05. The zero-order chi connectivity index (χ0) is 15.2. The van der Waals surface area contributed by atoms with Gasteiger partial charge in [0.2, 0.25) is 0 Å². The van der Waals surface area contributed by atoms with Crippen molar-refractivity contribution in [3.63, 3.8) is 0 Å². The molecule has 0 aliphatic heterocycles. The summed E-state index contributed by atoms with van der Waals surface area (Å²) in [6.45, 7) is 17.1. The molecule has 0 radical (unpaired) electrons. The van der Waals surface area contributed by atoms with Crippen LogP contribution in [0.15, 0.2) is 0 Å². The van der Waals surface area contributed by atoms with Crippen molar-refractivity contribution in [1.29, 1.82) is 0 Å². The molecule has 116 valence electrons. The van der Waals surface area contributed by atoms with Gasteiger partial charge in [-0.15, -0.1) is 0 Å². The lowest BCUT2D eigenvalue weighted by Crippen LogP contribution is -2.60. The van der Waals surface area contributed by atoms with Gasteiger partial charge in [0.15, 0.2) is 0 Å². The van der Waals surface area contributed by atoms with E-state index in [0.29, 0.717) is 19.8 Å². The van der Waals surface area contributed by atoms with Gasteiger partial charge in [-0.3, -0.25) is 0 Å². The van der Waals surface area contributed by atoms with Crippen LogP contribution in [0, 0.1) is 0 Å². The molecule has 0 aromatic rings. The van der Waals surface area contributed by atoms with Gasteiger partial charge in [0.25, 0.3) is 0 Å². The Balaban J connectivity index is 5.05. The number of rotatable bonds is 10. The Kier molecular flexibility index (Phi) is 8.01. The SMILES string of the molecule is CCO[Si](C)(OCC)OC(C)(CCCN)[Si](C)(C)C. The van der Waals surface area contributed by atoms with Gasteiger partial charge in [-0.1, -0.05) is 19.6 Å². The third-order valence-electron chi connectivity index (χ3n) is 3.67. The van der Waals surface area contributed by atoms with Gasteiger partial charge < -0.3 is 19.0 Å². The predicted molar refractivity (Wildman–Crippen MR) is 86.0 cm³/mol. The van der Waals surface area contributed by atoms with E-state index in [-0.39, 0.29) is 5.22 Å². The third kappa shape index (κ3) is 6.05. The van der Waals surface area contributed by atoms with Gasteiger partial charge in [0.1, 0.15) is 0 Å². The average molecular weight is 308 g/mol. The van der Waals surface area contributed by atoms with Gasteiger partial charge in [-0.25, -0.2) is 0 Å². The van der Waals surface area contributed by atoms with Crippen molar-refractivity contribution < 1.29 is 13.3 Å². The minimum Gasteiger partial charge on any atom is -0.374 e. The Labute approximate surface area is 121 Å². The van der Waals surface area contributed by atoms with Crippen LogP contribution in [0.4, 0.5) is 0 Å². The van der Waals surface area contributed by atoms with E-state index in [4.69, 9.17) is 19.0 Å². The Morgan fingerprint density at radius 3 is 1.79 bits per heavy atom. The van der Waals surface area contributed by atoms with Crippen molar-refractivity contribution in [2.24, 2.45) is 5.73 Å². The lowest BCUT2D eigenvalue weighted by Gasteiger charge is -2.45. The maximum absolute atomic E-state index is 6.47. The van der Waals surface area contributed by atoms with Crippen molar-refractivity contribution >= 4 is 16.9 Å². The molecule has 0 aliphatic rings. The van der Waals surface area contributed by atoms with Gasteiger partial charge in [-0.2, -0.15) is 0 Å². The van der Waals surface area contributed by atoms with E-state index in [9.17, 15) is 0 Å². The minimum absolute atomic E-state index is 0.155. The van der Waals surface area contributed by atoms with E-state index in [2.05, 4.69) is 26.6 Å². The Hall–Kier alpha value is 0.274. The Bertz CT molecular complexity index is 253. The molecule has 0 amide bonds. The fraction of sp³-hybridized carbons (Fsp3) is 1.00. The highest BCUT2D eigenvalue weighted by atomic mass is 28.4. The molecule has 1 atom stereocenters.